The largest absolute Gasteiger partial charge is 0.359 e. The van der Waals surface area contributed by atoms with Gasteiger partial charge >= 0.3 is 0 Å². The second-order valence-corrected chi connectivity index (χ2v) is 2.46. The molecular weight excluding hydrogens is 134 g/mol. The van der Waals surface area contributed by atoms with Crippen molar-refractivity contribution in [2.24, 2.45) is 0 Å². The van der Waals surface area contributed by atoms with Gasteiger partial charge in [0.25, 0.3) is 0 Å². The maximum atomic E-state index is 3.25. The molecule has 0 saturated carbocycles. The van der Waals surface area contributed by atoms with Gasteiger partial charge in [-0.15, -0.1) is 0 Å². The van der Waals surface area contributed by atoms with Gasteiger partial charge in [0.1, 0.15) is 0 Å². The number of rotatable bonds is 2. The maximum Gasteiger partial charge on any atom is 0.0381 e. The van der Waals surface area contributed by atoms with Crippen LogP contribution in [0.1, 0.15) is 13.8 Å². The van der Waals surface area contributed by atoms with E-state index in [0.717, 1.165) is 5.69 Å². The van der Waals surface area contributed by atoms with Gasteiger partial charge in [0.2, 0.25) is 0 Å². The molecule has 0 spiro atoms. The van der Waals surface area contributed by atoms with Gasteiger partial charge in [-0.2, -0.15) is 0 Å². The predicted octanol–water partition coefficient (Wildman–Crippen LogP) is 3.02. The van der Waals surface area contributed by atoms with Crippen LogP contribution in [-0.4, -0.2) is 0 Å². The smallest absolute Gasteiger partial charge is 0.0381 e. The zero-order chi connectivity index (χ0) is 8.10. The van der Waals surface area contributed by atoms with Gasteiger partial charge in [-0.05, 0) is 26.0 Å². The van der Waals surface area contributed by atoms with Crippen LogP contribution >= 0.6 is 0 Å². The Balaban J connectivity index is 2.65. The zero-order valence-corrected chi connectivity index (χ0v) is 6.96. The molecule has 0 bridgehead atoms. The first-order valence-corrected chi connectivity index (χ1v) is 3.78. The normalized spacial score (nSPS) is 11.3. The summed E-state index contributed by atoms with van der Waals surface area (Å²) in [5.41, 5.74) is 2.32. The molecule has 0 heterocycles. The van der Waals surface area contributed by atoms with E-state index in [-0.39, 0.29) is 0 Å². The molecule has 0 radical (unpaired) electrons. The topological polar surface area (TPSA) is 12.0 Å². The molecule has 0 saturated heterocycles. The lowest BCUT2D eigenvalue weighted by atomic mass is 10.3. The summed E-state index contributed by atoms with van der Waals surface area (Å²) in [6.07, 6.45) is 2.05. The minimum Gasteiger partial charge on any atom is -0.359 e. The molecule has 0 amide bonds. The minimum atomic E-state index is 1.14. The van der Waals surface area contributed by atoms with Crippen molar-refractivity contribution in [3.63, 3.8) is 0 Å². The first kappa shape index (κ1) is 7.86. The molecular formula is C10H13N. The third kappa shape index (κ3) is 2.46. The standard InChI is InChI=1S/C10H13N/c1-3-9(2)11-10-7-5-4-6-8-10/h3-8,11H,1-2H3/b9-3+. The predicted molar refractivity (Wildman–Crippen MR) is 49.5 cm³/mol. The molecule has 0 aliphatic rings. The first-order valence-electron chi connectivity index (χ1n) is 3.78. The van der Waals surface area contributed by atoms with E-state index in [4.69, 9.17) is 0 Å². The van der Waals surface area contributed by atoms with Gasteiger partial charge in [0.15, 0.2) is 0 Å². The summed E-state index contributed by atoms with van der Waals surface area (Å²) in [5, 5.41) is 3.25. The van der Waals surface area contributed by atoms with Crippen molar-refractivity contribution in [3.8, 4) is 0 Å². The van der Waals surface area contributed by atoms with Crippen LogP contribution in [0.3, 0.4) is 0 Å². The first-order chi connectivity index (χ1) is 5.33. The second-order valence-electron chi connectivity index (χ2n) is 2.46. The van der Waals surface area contributed by atoms with E-state index >= 15 is 0 Å². The number of anilines is 1. The fraction of sp³-hybridized carbons (Fsp3) is 0.200. The van der Waals surface area contributed by atoms with Crippen molar-refractivity contribution in [2.45, 2.75) is 13.8 Å². The number of nitrogens with one attached hydrogen (secondary N) is 1. The molecule has 0 unspecified atom stereocenters. The van der Waals surface area contributed by atoms with Crippen LogP contribution in [-0.2, 0) is 0 Å². The summed E-state index contributed by atoms with van der Waals surface area (Å²) >= 11 is 0. The summed E-state index contributed by atoms with van der Waals surface area (Å²) < 4.78 is 0. The van der Waals surface area contributed by atoms with E-state index in [1.807, 2.05) is 50.3 Å². The van der Waals surface area contributed by atoms with Gasteiger partial charge in [0.05, 0.1) is 0 Å². The summed E-state index contributed by atoms with van der Waals surface area (Å²) in [6, 6.07) is 10.1. The highest BCUT2D eigenvalue weighted by Crippen LogP contribution is 2.07. The summed E-state index contributed by atoms with van der Waals surface area (Å²) in [7, 11) is 0. The quantitative estimate of drug-likeness (QED) is 0.678. The number of hydrogen-bond donors (Lipinski definition) is 1. The lowest BCUT2D eigenvalue weighted by Gasteiger charge is -2.04. The molecule has 0 atom stereocenters. The van der Waals surface area contributed by atoms with E-state index in [9.17, 15) is 0 Å². The van der Waals surface area contributed by atoms with Gasteiger partial charge < -0.3 is 5.32 Å². The van der Waals surface area contributed by atoms with Crippen molar-refractivity contribution >= 4 is 5.69 Å². The van der Waals surface area contributed by atoms with Gasteiger partial charge in [-0.25, -0.2) is 0 Å². The highest BCUT2D eigenvalue weighted by atomic mass is 14.9. The Morgan fingerprint density at radius 3 is 2.45 bits per heavy atom. The molecule has 1 aromatic rings. The summed E-state index contributed by atoms with van der Waals surface area (Å²) in [6.45, 7) is 4.07. The molecule has 0 aliphatic carbocycles. The number of benzene rings is 1. The van der Waals surface area contributed by atoms with Crippen molar-refractivity contribution in [2.75, 3.05) is 5.32 Å². The van der Waals surface area contributed by atoms with Crippen molar-refractivity contribution in [1.29, 1.82) is 0 Å². The molecule has 11 heavy (non-hydrogen) atoms. The van der Waals surface area contributed by atoms with Crippen molar-refractivity contribution in [1.82, 2.24) is 0 Å². The Labute approximate surface area is 67.8 Å². The molecule has 0 aliphatic heterocycles. The highest BCUT2D eigenvalue weighted by Gasteiger charge is 1.87. The van der Waals surface area contributed by atoms with Crippen LogP contribution in [0.25, 0.3) is 0 Å². The van der Waals surface area contributed by atoms with Crippen LogP contribution in [0.15, 0.2) is 42.1 Å². The van der Waals surface area contributed by atoms with E-state index in [1.165, 1.54) is 5.70 Å². The van der Waals surface area contributed by atoms with E-state index < -0.39 is 0 Å². The summed E-state index contributed by atoms with van der Waals surface area (Å²) in [5.74, 6) is 0. The monoisotopic (exact) mass is 147 g/mol. The average Bonchev–Trinajstić information content (AvgIpc) is 2.06. The highest BCUT2D eigenvalue weighted by molar-refractivity contribution is 5.47. The maximum absolute atomic E-state index is 3.25. The van der Waals surface area contributed by atoms with Gasteiger partial charge in [0, 0.05) is 11.4 Å². The molecule has 58 valence electrons. The fourth-order valence-electron chi connectivity index (χ4n) is 0.821. The molecule has 1 nitrogen and oxygen atoms in total. The lowest BCUT2D eigenvalue weighted by molar-refractivity contribution is 1.35. The molecule has 0 fully saturated rings. The zero-order valence-electron chi connectivity index (χ0n) is 6.96. The second kappa shape index (κ2) is 3.81. The van der Waals surface area contributed by atoms with Crippen LogP contribution in [0.4, 0.5) is 5.69 Å². The third-order valence-electron chi connectivity index (χ3n) is 1.55. The minimum absolute atomic E-state index is 1.14. The SMILES string of the molecule is C/C=C(\C)Nc1ccccc1. The Hall–Kier alpha value is -1.24. The molecule has 0 aromatic heterocycles. The van der Waals surface area contributed by atoms with Crippen LogP contribution in [0.5, 0.6) is 0 Å². The lowest BCUT2D eigenvalue weighted by Crippen LogP contribution is -1.93. The molecule has 1 rings (SSSR count). The van der Waals surface area contributed by atoms with E-state index in [2.05, 4.69) is 5.32 Å². The number of allylic oxidation sites excluding steroid dienone is 2. The van der Waals surface area contributed by atoms with Crippen molar-refractivity contribution in [3.05, 3.63) is 42.1 Å². The summed E-state index contributed by atoms with van der Waals surface area (Å²) in [4.78, 5) is 0. The molecule has 1 aromatic carbocycles. The Morgan fingerprint density at radius 1 is 1.27 bits per heavy atom. The third-order valence-corrected chi connectivity index (χ3v) is 1.55. The molecule has 1 heteroatoms. The van der Waals surface area contributed by atoms with Crippen LogP contribution in [0, 0.1) is 0 Å². The van der Waals surface area contributed by atoms with Gasteiger partial charge in [-0.1, -0.05) is 24.3 Å². The average molecular weight is 147 g/mol. The fourth-order valence-corrected chi connectivity index (χ4v) is 0.821. The van der Waals surface area contributed by atoms with Gasteiger partial charge in [-0.3, -0.25) is 0 Å². The van der Waals surface area contributed by atoms with Crippen LogP contribution in [0.2, 0.25) is 0 Å². The van der Waals surface area contributed by atoms with Crippen LogP contribution < -0.4 is 5.32 Å². The Bertz CT molecular complexity index is 236. The van der Waals surface area contributed by atoms with Crippen molar-refractivity contribution < 1.29 is 0 Å². The number of hydrogen-bond acceptors (Lipinski definition) is 1. The molecule has 1 N–H and O–H groups in total. The van der Waals surface area contributed by atoms with E-state index in [0.29, 0.717) is 0 Å². The van der Waals surface area contributed by atoms with E-state index in [1.54, 1.807) is 0 Å². The Kier molecular flexibility index (Phi) is 2.73. The Morgan fingerprint density at radius 2 is 1.91 bits per heavy atom. The number of para-hydroxylation sites is 1.